The molecule has 5 nitrogen and oxygen atoms in total. The molecule has 200 valence electrons. The summed E-state index contributed by atoms with van der Waals surface area (Å²) >= 11 is 0. The van der Waals surface area contributed by atoms with E-state index in [-0.39, 0.29) is 0 Å². The van der Waals surface area contributed by atoms with Gasteiger partial charge in [0.2, 0.25) is 0 Å². The minimum atomic E-state index is 0.891. The first-order chi connectivity index (χ1) is 17.3. The van der Waals surface area contributed by atoms with Gasteiger partial charge in [0, 0.05) is 0 Å². The van der Waals surface area contributed by atoms with Crippen LogP contribution in [0.2, 0.25) is 0 Å². The lowest BCUT2D eigenvalue weighted by Gasteiger charge is -2.23. The van der Waals surface area contributed by atoms with E-state index in [4.69, 9.17) is 0 Å². The average molecular weight is 486 g/mol. The molecule has 0 unspecified atom stereocenters. The van der Waals surface area contributed by atoms with Gasteiger partial charge in [-0.05, 0) is 25.9 Å². The molecule has 0 radical (unpaired) electrons. The van der Waals surface area contributed by atoms with E-state index in [1.54, 1.807) is 6.33 Å². The number of fused-ring (bicyclic) bond motifs is 1. The van der Waals surface area contributed by atoms with E-state index in [0.29, 0.717) is 0 Å². The first-order valence-corrected chi connectivity index (χ1v) is 15.2. The molecule has 0 aromatic carbocycles. The summed E-state index contributed by atoms with van der Waals surface area (Å²) in [5.74, 6) is 0. The summed E-state index contributed by atoms with van der Waals surface area (Å²) in [6, 6.07) is 0. The van der Waals surface area contributed by atoms with E-state index in [0.717, 1.165) is 17.8 Å². The zero-order valence-corrected chi connectivity index (χ0v) is 23.2. The third-order valence-corrected chi connectivity index (χ3v) is 7.29. The molecule has 0 amide bonds. The van der Waals surface area contributed by atoms with Crippen molar-refractivity contribution < 1.29 is 0 Å². The Hall–Kier alpha value is -1.49. The van der Waals surface area contributed by atoms with Crippen LogP contribution in [0.3, 0.4) is 0 Å². The van der Waals surface area contributed by atoms with Gasteiger partial charge in [0.1, 0.15) is 11.8 Å². The van der Waals surface area contributed by atoms with Gasteiger partial charge >= 0.3 is 0 Å². The van der Waals surface area contributed by atoms with Crippen molar-refractivity contribution in [2.24, 2.45) is 0 Å². The molecule has 0 aliphatic heterocycles. The Kier molecular flexibility index (Phi) is 17.6. The van der Waals surface area contributed by atoms with Gasteiger partial charge in [0.05, 0.1) is 19.2 Å². The Morgan fingerprint density at radius 2 is 1.06 bits per heavy atom. The van der Waals surface area contributed by atoms with Gasteiger partial charge in [-0.2, -0.15) is 0 Å². The topological polar surface area (TPSA) is 46.8 Å². The summed E-state index contributed by atoms with van der Waals surface area (Å²) in [7, 11) is 0. The number of imidazole rings is 1. The SMILES string of the molecule is CCCCCCCCCCCCN(CCCCCCCCCCCC)Cn1cnc2cncnc21. The highest BCUT2D eigenvalue weighted by Gasteiger charge is 2.09. The standard InChI is InChI=1S/C30H55N5/c1-3-5-7-9-11-13-15-17-19-21-23-34(24-22-20-18-16-14-12-10-8-6-4-2)28-35-27-33-29-25-31-26-32-30(29)35/h25-27H,3-24,28H2,1-2H3. The summed E-state index contributed by atoms with van der Waals surface area (Å²) in [6.07, 6.45) is 33.2. The minimum absolute atomic E-state index is 0.891. The first kappa shape index (κ1) is 29.7. The fourth-order valence-electron chi connectivity index (χ4n) is 5.03. The molecule has 2 rings (SSSR count). The van der Waals surface area contributed by atoms with Crippen LogP contribution in [0.5, 0.6) is 0 Å². The van der Waals surface area contributed by atoms with Crippen molar-refractivity contribution in [2.75, 3.05) is 13.1 Å². The van der Waals surface area contributed by atoms with Crippen LogP contribution in [-0.4, -0.2) is 37.5 Å². The van der Waals surface area contributed by atoms with Crippen LogP contribution in [-0.2, 0) is 6.67 Å². The van der Waals surface area contributed by atoms with Crippen LogP contribution in [0.25, 0.3) is 11.2 Å². The zero-order chi connectivity index (χ0) is 24.8. The fraction of sp³-hybridized carbons (Fsp3) is 0.833. The predicted molar refractivity (Wildman–Crippen MR) is 151 cm³/mol. The van der Waals surface area contributed by atoms with E-state index < -0.39 is 0 Å². The second kappa shape index (κ2) is 20.7. The molecule has 2 aromatic rings. The summed E-state index contributed by atoms with van der Waals surface area (Å²) in [4.78, 5) is 15.7. The third kappa shape index (κ3) is 14.0. The number of hydrogen-bond donors (Lipinski definition) is 0. The molecule has 2 heterocycles. The van der Waals surface area contributed by atoms with Gasteiger partial charge in [-0.15, -0.1) is 0 Å². The van der Waals surface area contributed by atoms with E-state index >= 15 is 0 Å². The molecular weight excluding hydrogens is 430 g/mol. The second-order valence-corrected chi connectivity index (χ2v) is 10.6. The van der Waals surface area contributed by atoms with E-state index in [1.807, 2.05) is 12.5 Å². The van der Waals surface area contributed by atoms with Crippen molar-refractivity contribution in [3.05, 3.63) is 18.9 Å². The highest BCUT2D eigenvalue weighted by molar-refractivity contribution is 5.68. The monoisotopic (exact) mass is 485 g/mol. The Balaban J connectivity index is 1.64. The second-order valence-electron chi connectivity index (χ2n) is 10.6. The molecular formula is C30H55N5. The highest BCUT2D eigenvalue weighted by Crippen LogP contribution is 2.14. The maximum absolute atomic E-state index is 4.50. The number of rotatable bonds is 24. The predicted octanol–water partition coefficient (Wildman–Crippen LogP) is 8.93. The Morgan fingerprint density at radius 3 is 1.54 bits per heavy atom. The van der Waals surface area contributed by atoms with E-state index in [2.05, 4.69) is 38.3 Å². The van der Waals surface area contributed by atoms with Crippen LogP contribution in [0.1, 0.15) is 142 Å². The quantitative estimate of drug-likeness (QED) is 0.139. The molecule has 0 atom stereocenters. The van der Waals surface area contributed by atoms with E-state index in [1.165, 1.54) is 142 Å². The van der Waals surface area contributed by atoms with Crippen molar-refractivity contribution in [1.29, 1.82) is 0 Å². The number of aromatic nitrogens is 4. The number of hydrogen-bond acceptors (Lipinski definition) is 4. The Bertz CT molecular complexity index is 704. The molecule has 0 bridgehead atoms. The average Bonchev–Trinajstić information content (AvgIpc) is 3.28. The van der Waals surface area contributed by atoms with Gasteiger partial charge in [0.25, 0.3) is 0 Å². The van der Waals surface area contributed by atoms with E-state index in [9.17, 15) is 0 Å². The summed E-state index contributed by atoms with van der Waals surface area (Å²) in [6.45, 7) is 7.84. The molecule has 35 heavy (non-hydrogen) atoms. The molecule has 0 N–H and O–H groups in total. The van der Waals surface area contributed by atoms with Gasteiger partial charge < -0.3 is 4.57 Å². The highest BCUT2D eigenvalue weighted by atomic mass is 15.3. The van der Waals surface area contributed by atoms with Crippen LogP contribution >= 0.6 is 0 Å². The normalized spacial score (nSPS) is 11.7. The lowest BCUT2D eigenvalue weighted by atomic mass is 10.1. The van der Waals surface area contributed by atoms with Crippen LogP contribution < -0.4 is 0 Å². The molecule has 0 saturated carbocycles. The third-order valence-electron chi connectivity index (χ3n) is 7.29. The maximum Gasteiger partial charge on any atom is 0.164 e. The van der Waals surface area contributed by atoms with Crippen molar-refractivity contribution in [1.82, 2.24) is 24.4 Å². The smallest absolute Gasteiger partial charge is 0.164 e. The first-order valence-electron chi connectivity index (χ1n) is 15.2. The fourth-order valence-corrected chi connectivity index (χ4v) is 5.03. The lowest BCUT2D eigenvalue weighted by molar-refractivity contribution is 0.210. The molecule has 0 spiro atoms. The van der Waals surface area contributed by atoms with Crippen LogP contribution in [0, 0.1) is 0 Å². The van der Waals surface area contributed by atoms with Crippen LogP contribution in [0.4, 0.5) is 0 Å². The molecule has 0 saturated heterocycles. The number of nitrogens with zero attached hydrogens (tertiary/aromatic N) is 5. The summed E-state index contributed by atoms with van der Waals surface area (Å²) in [5, 5.41) is 0. The lowest BCUT2D eigenvalue weighted by Crippen LogP contribution is -2.28. The largest absolute Gasteiger partial charge is 0.301 e. The summed E-state index contributed by atoms with van der Waals surface area (Å²) in [5.41, 5.74) is 1.85. The van der Waals surface area contributed by atoms with Gasteiger partial charge in [0.15, 0.2) is 5.65 Å². The summed E-state index contributed by atoms with van der Waals surface area (Å²) < 4.78 is 2.20. The maximum atomic E-state index is 4.50. The van der Waals surface area contributed by atoms with Crippen LogP contribution in [0.15, 0.2) is 18.9 Å². The zero-order valence-electron chi connectivity index (χ0n) is 23.2. The van der Waals surface area contributed by atoms with Gasteiger partial charge in [-0.1, -0.05) is 129 Å². The van der Waals surface area contributed by atoms with Gasteiger partial charge in [-0.25, -0.2) is 15.0 Å². The van der Waals surface area contributed by atoms with Gasteiger partial charge in [-0.3, -0.25) is 4.90 Å². The number of unbranched alkanes of at least 4 members (excludes halogenated alkanes) is 18. The minimum Gasteiger partial charge on any atom is -0.301 e. The van der Waals surface area contributed by atoms with Crippen molar-refractivity contribution in [3.63, 3.8) is 0 Å². The molecule has 0 aliphatic rings. The van der Waals surface area contributed by atoms with Crippen molar-refractivity contribution in [3.8, 4) is 0 Å². The molecule has 0 fully saturated rings. The van der Waals surface area contributed by atoms with Crippen molar-refractivity contribution >= 4 is 11.2 Å². The molecule has 0 aliphatic carbocycles. The Labute approximate surface area is 216 Å². The Morgan fingerprint density at radius 1 is 0.600 bits per heavy atom. The van der Waals surface area contributed by atoms with Crippen molar-refractivity contribution in [2.45, 2.75) is 149 Å². The molecule has 2 aromatic heterocycles. The molecule has 5 heteroatoms.